The van der Waals surface area contributed by atoms with Gasteiger partial charge in [0.2, 0.25) is 0 Å². The summed E-state index contributed by atoms with van der Waals surface area (Å²) < 4.78 is 0.933. The van der Waals surface area contributed by atoms with Crippen molar-refractivity contribution in [2.75, 3.05) is 5.32 Å². The molecule has 2 N–H and O–H groups in total. The number of halogens is 2. The van der Waals surface area contributed by atoms with Crippen LogP contribution in [0.3, 0.4) is 0 Å². The Bertz CT molecular complexity index is 643. The number of carbonyl (C=O) groups is 1. The molecule has 0 fully saturated rings. The van der Waals surface area contributed by atoms with Crippen LogP contribution in [0.25, 0.3) is 0 Å². The lowest BCUT2D eigenvalue weighted by atomic mass is 10.1. The summed E-state index contributed by atoms with van der Waals surface area (Å²) in [6.45, 7) is 1.92. The molecule has 0 heterocycles. The summed E-state index contributed by atoms with van der Waals surface area (Å²) in [6.07, 6.45) is 0. The molecule has 0 amide bonds. The van der Waals surface area contributed by atoms with Gasteiger partial charge in [-0.1, -0.05) is 17.7 Å². The van der Waals surface area contributed by atoms with Crippen molar-refractivity contribution in [3.05, 3.63) is 56.1 Å². The minimum absolute atomic E-state index is 0.247. The maximum Gasteiger partial charge on any atom is 0.337 e. The Morgan fingerprint density at radius 2 is 1.95 bits per heavy atom. The van der Waals surface area contributed by atoms with Gasteiger partial charge in [0, 0.05) is 8.59 Å². The molecule has 2 aromatic rings. The van der Waals surface area contributed by atoms with Gasteiger partial charge < -0.3 is 10.4 Å². The SMILES string of the molecule is Cc1ccc(C(=O)O)c(Nc2ccc(Cl)cc2I)c1. The second-order valence-electron chi connectivity index (χ2n) is 4.10. The summed E-state index contributed by atoms with van der Waals surface area (Å²) in [4.78, 5) is 11.2. The highest BCUT2D eigenvalue weighted by Gasteiger charge is 2.11. The number of carboxylic acid groups (broad SMARTS) is 1. The molecule has 0 spiro atoms. The van der Waals surface area contributed by atoms with E-state index in [0.29, 0.717) is 10.7 Å². The Balaban J connectivity index is 2.42. The van der Waals surface area contributed by atoms with E-state index in [-0.39, 0.29) is 5.56 Å². The molecule has 0 atom stereocenters. The first-order valence-electron chi connectivity index (χ1n) is 5.53. The standard InChI is InChI=1S/C14H11ClINO2/c1-8-2-4-10(14(18)19)13(6-8)17-12-5-3-9(15)7-11(12)16/h2-7,17H,1H3,(H,18,19). The Morgan fingerprint density at radius 1 is 1.21 bits per heavy atom. The van der Waals surface area contributed by atoms with Crippen LogP contribution >= 0.6 is 34.2 Å². The van der Waals surface area contributed by atoms with Crippen LogP contribution in [-0.4, -0.2) is 11.1 Å². The molecular weight excluding hydrogens is 377 g/mol. The van der Waals surface area contributed by atoms with Crippen LogP contribution in [-0.2, 0) is 0 Å². The molecule has 2 aromatic carbocycles. The van der Waals surface area contributed by atoms with Crippen molar-refractivity contribution in [2.45, 2.75) is 6.92 Å². The molecule has 0 aliphatic carbocycles. The van der Waals surface area contributed by atoms with Gasteiger partial charge in [0.15, 0.2) is 0 Å². The number of rotatable bonds is 3. The molecule has 2 rings (SSSR count). The summed E-state index contributed by atoms with van der Waals surface area (Å²) in [6, 6.07) is 10.6. The highest BCUT2D eigenvalue weighted by atomic mass is 127. The van der Waals surface area contributed by atoms with Crippen molar-refractivity contribution in [3.8, 4) is 0 Å². The van der Waals surface area contributed by atoms with Gasteiger partial charge in [0.05, 0.1) is 16.9 Å². The summed E-state index contributed by atoms with van der Waals surface area (Å²) in [5.41, 5.74) is 2.65. The average Bonchev–Trinajstić information content (AvgIpc) is 2.32. The molecule has 0 saturated heterocycles. The van der Waals surface area contributed by atoms with E-state index in [9.17, 15) is 9.90 Å². The lowest BCUT2D eigenvalue weighted by Crippen LogP contribution is -2.03. The molecule has 0 saturated carbocycles. The molecule has 0 aliphatic heterocycles. The van der Waals surface area contributed by atoms with Crippen LogP contribution in [0, 0.1) is 10.5 Å². The second kappa shape index (κ2) is 5.79. The van der Waals surface area contributed by atoms with E-state index in [0.717, 1.165) is 14.8 Å². The highest BCUT2D eigenvalue weighted by molar-refractivity contribution is 14.1. The fraction of sp³-hybridized carbons (Fsp3) is 0.0714. The number of aryl methyl sites for hydroxylation is 1. The van der Waals surface area contributed by atoms with Crippen molar-refractivity contribution in [1.29, 1.82) is 0 Å². The summed E-state index contributed by atoms with van der Waals surface area (Å²) >= 11 is 8.06. The number of hydrogen-bond acceptors (Lipinski definition) is 2. The van der Waals surface area contributed by atoms with Gasteiger partial charge in [0.1, 0.15) is 0 Å². The van der Waals surface area contributed by atoms with Crippen molar-refractivity contribution >= 4 is 51.5 Å². The predicted octanol–water partition coefficient (Wildman–Crippen LogP) is 4.69. The van der Waals surface area contributed by atoms with Gasteiger partial charge >= 0.3 is 5.97 Å². The van der Waals surface area contributed by atoms with Crippen molar-refractivity contribution in [1.82, 2.24) is 0 Å². The van der Waals surface area contributed by atoms with E-state index in [1.807, 2.05) is 25.1 Å². The van der Waals surface area contributed by atoms with E-state index in [2.05, 4.69) is 27.9 Å². The van der Waals surface area contributed by atoms with Crippen LogP contribution < -0.4 is 5.32 Å². The molecule has 0 aromatic heterocycles. The first-order valence-corrected chi connectivity index (χ1v) is 6.99. The van der Waals surface area contributed by atoms with Crippen molar-refractivity contribution < 1.29 is 9.90 Å². The number of aromatic carboxylic acids is 1. The lowest BCUT2D eigenvalue weighted by molar-refractivity contribution is 0.0698. The highest BCUT2D eigenvalue weighted by Crippen LogP contribution is 2.28. The van der Waals surface area contributed by atoms with Crippen LogP contribution in [0.1, 0.15) is 15.9 Å². The van der Waals surface area contributed by atoms with Crippen molar-refractivity contribution in [3.63, 3.8) is 0 Å². The smallest absolute Gasteiger partial charge is 0.337 e. The van der Waals surface area contributed by atoms with E-state index >= 15 is 0 Å². The summed E-state index contributed by atoms with van der Waals surface area (Å²) in [5.74, 6) is -0.952. The van der Waals surface area contributed by atoms with Gasteiger partial charge in [0.25, 0.3) is 0 Å². The zero-order valence-electron chi connectivity index (χ0n) is 10.1. The van der Waals surface area contributed by atoms with Crippen LogP contribution in [0.2, 0.25) is 5.02 Å². The number of hydrogen-bond donors (Lipinski definition) is 2. The second-order valence-corrected chi connectivity index (χ2v) is 5.70. The van der Waals surface area contributed by atoms with E-state index in [4.69, 9.17) is 11.6 Å². The Kier molecular flexibility index (Phi) is 4.31. The Morgan fingerprint density at radius 3 is 2.58 bits per heavy atom. The lowest BCUT2D eigenvalue weighted by Gasteiger charge is -2.12. The summed E-state index contributed by atoms with van der Waals surface area (Å²) in [7, 11) is 0. The molecule has 0 radical (unpaired) electrons. The minimum Gasteiger partial charge on any atom is -0.478 e. The van der Waals surface area contributed by atoms with Crippen LogP contribution in [0.15, 0.2) is 36.4 Å². The molecule has 98 valence electrons. The van der Waals surface area contributed by atoms with Crippen molar-refractivity contribution in [2.24, 2.45) is 0 Å². The zero-order chi connectivity index (χ0) is 14.0. The van der Waals surface area contributed by atoms with Crippen LogP contribution in [0.5, 0.6) is 0 Å². The third kappa shape index (κ3) is 3.39. The minimum atomic E-state index is -0.952. The number of benzene rings is 2. The fourth-order valence-electron chi connectivity index (χ4n) is 1.68. The van der Waals surface area contributed by atoms with Gasteiger partial charge in [-0.25, -0.2) is 4.79 Å². The molecule has 0 unspecified atom stereocenters. The maximum absolute atomic E-state index is 11.2. The topological polar surface area (TPSA) is 49.3 Å². The molecule has 0 bridgehead atoms. The molecule has 5 heteroatoms. The van der Waals surface area contributed by atoms with Gasteiger partial charge in [-0.2, -0.15) is 0 Å². The first-order chi connectivity index (χ1) is 8.97. The third-order valence-corrected chi connectivity index (χ3v) is 3.73. The Hall–Kier alpha value is -1.27. The van der Waals surface area contributed by atoms with Gasteiger partial charge in [-0.15, -0.1) is 0 Å². The summed E-state index contributed by atoms with van der Waals surface area (Å²) in [5, 5.41) is 13.0. The fourth-order valence-corrected chi connectivity index (χ4v) is 2.69. The number of nitrogens with one attached hydrogen (secondary N) is 1. The number of anilines is 2. The van der Waals surface area contributed by atoms with E-state index in [1.165, 1.54) is 0 Å². The zero-order valence-corrected chi connectivity index (χ0v) is 13.0. The monoisotopic (exact) mass is 387 g/mol. The molecule has 19 heavy (non-hydrogen) atoms. The largest absolute Gasteiger partial charge is 0.478 e. The predicted molar refractivity (Wildman–Crippen MR) is 85.6 cm³/mol. The molecule has 3 nitrogen and oxygen atoms in total. The normalized spacial score (nSPS) is 10.3. The van der Waals surface area contributed by atoms with E-state index < -0.39 is 5.97 Å². The molecular formula is C14H11ClINO2. The first kappa shape index (κ1) is 14.1. The number of carboxylic acids is 1. The third-order valence-electron chi connectivity index (χ3n) is 2.61. The molecule has 0 aliphatic rings. The van der Waals surface area contributed by atoms with E-state index in [1.54, 1.807) is 18.2 Å². The Labute approximate surface area is 129 Å². The van der Waals surface area contributed by atoms with Gasteiger partial charge in [-0.05, 0) is 65.4 Å². The van der Waals surface area contributed by atoms with Gasteiger partial charge in [-0.3, -0.25) is 0 Å². The average molecular weight is 388 g/mol. The van der Waals surface area contributed by atoms with Crippen LogP contribution in [0.4, 0.5) is 11.4 Å². The maximum atomic E-state index is 11.2. The quantitative estimate of drug-likeness (QED) is 0.751.